The van der Waals surface area contributed by atoms with Crippen molar-refractivity contribution >= 4 is 0 Å². The molecule has 0 unspecified atom stereocenters. The number of hydrogen-bond donors (Lipinski definition) is 2. The molecule has 0 aromatic carbocycles. The second-order valence-corrected chi connectivity index (χ2v) is 4.80. The van der Waals surface area contributed by atoms with Gasteiger partial charge in [0.2, 0.25) is 0 Å². The summed E-state index contributed by atoms with van der Waals surface area (Å²) in [7, 11) is 0. The van der Waals surface area contributed by atoms with Gasteiger partial charge in [0, 0.05) is 12.1 Å². The van der Waals surface area contributed by atoms with Gasteiger partial charge in [0.1, 0.15) is 0 Å². The molecule has 2 heteroatoms. The molecule has 1 rings (SSSR count). The molecule has 1 aliphatic carbocycles. The number of hydrogen-bond acceptors (Lipinski definition) is 2. The minimum atomic E-state index is -0.116. The van der Waals surface area contributed by atoms with E-state index in [2.05, 4.69) is 26.1 Å². The second-order valence-electron chi connectivity index (χ2n) is 4.80. The number of nitrogens with one attached hydrogen (secondary N) is 1. The molecule has 1 fully saturated rings. The normalized spacial score (nSPS) is 32.6. The molecule has 0 aromatic heterocycles. The number of aliphatic hydroxyl groups is 1. The Hall–Kier alpha value is -0.0800. The van der Waals surface area contributed by atoms with Crippen molar-refractivity contribution in [3.63, 3.8) is 0 Å². The molecule has 0 bridgehead atoms. The first kappa shape index (κ1) is 12.0. The molecule has 14 heavy (non-hydrogen) atoms. The van der Waals surface area contributed by atoms with Crippen molar-refractivity contribution < 1.29 is 5.11 Å². The van der Waals surface area contributed by atoms with E-state index in [1.807, 2.05) is 0 Å². The first-order chi connectivity index (χ1) is 6.65. The second kappa shape index (κ2) is 5.72. The van der Waals surface area contributed by atoms with Gasteiger partial charge >= 0.3 is 0 Å². The largest absolute Gasteiger partial charge is 0.392 e. The Kier molecular flexibility index (Phi) is 4.90. The van der Waals surface area contributed by atoms with Crippen molar-refractivity contribution in [2.45, 2.75) is 71.1 Å². The zero-order chi connectivity index (χ0) is 10.6. The molecule has 0 aliphatic heterocycles. The molecule has 2 nitrogen and oxygen atoms in total. The highest BCUT2D eigenvalue weighted by Crippen LogP contribution is 2.20. The molecule has 2 N–H and O–H groups in total. The Morgan fingerprint density at radius 3 is 2.50 bits per heavy atom. The molecule has 1 aliphatic rings. The third kappa shape index (κ3) is 3.25. The summed E-state index contributed by atoms with van der Waals surface area (Å²) in [6, 6.07) is 0.866. The third-order valence-corrected chi connectivity index (χ3v) is 3.70. The van der Waals surface area contributed by atoms with Crippen molar-refractivity contribution in [2.75, 3.05) is 0 Å². The molecule has 0 amide bonds. The van der Waals surface area contributed by atoms with Gasteiger partial charge in [-0.25, -0.2) is 0 Å². The van der Waals surface area contributed by atoms with E-state index in [9.17, 15) is 5.11 Å². The number of aliphatic hydroxyl groups excluding tert-OH is 1. The first-order valence-corrected chi connectivity index (χ1v) is 6.09. The predicted octanol–water partition coefficient (Wildman–Crippen LogP) is 2.31. The van der Waals surface area contributed by atoms with E-state index in [4.69, 9.17) is 0 Å². The van der Waals surface area contributed by atoms with Crippen LogP contribution in [0.1, 0.15) is 52.9 Å². The van der Waals surface area contributed by atoms with E-state index in [1.165, 1.54) is 19.3 Å². The molecule has 0 heterocycles. The van der Waals surface area contributed by atoms with Crippen molar-refractivity contribution in [1.82, 2.24) is 5.32 Å². The summed E-state index contributed by atoms with van der Waals surface area (Å²) in [5, 5.41) is 13.4. The van der Waals surface area contributed by atoms with Crippen LogP contribution in [0.25, 0.3) is 0 Å². The average molecular weight is 199 g/mol. The molecular weight excluding hydrogens is 174 g/mol. The summed E-state index contributed by atoms with van der Waals surface area (Å²) < 4.78 is 0. The molecule has 1 saturated carbocycles. The van der Waals surface area contributed by atoms with Gasteiger partial charge in [-0.05, 0) is 25.7 Å². The van der Waals surface area contributed by atoms with Crippen molar-refractivity contribution in [3.05, 3.63) is 0 Å². The smallest absolute Gasteiger partial charge is 0.0693 e. The highest BCUT2D eigenvalue weighted by Gasteiger charge is 2.25. The van der Waals surface area contributed by atoms with Gasteiger partial charge in [0.15, 0.2) is 0 Å². The lowest BCUT2D eigenvalue weighted by Gasteiger charge is -2.33. The minimum Gasteiger partial charge on any atom is -0.392 e. The van der Waals surface area contributed by atoms with Crippen molar-refractivity contribution in [3.8, 4) is 0 Å². The first-order valence-electron chi connectivity index (χ1n) is 6.09. The standard InChI is InChI=1S/C12H25NO/c1-4-9(2)10(3)13-11-7-5-6-8-12(11)14/h9-14H,4-8H2,1-3H3/t9-,10+,11-,12+/m1/s1. The maximum absolute atomic E-state index is 9.81. The van der Waals surface area contributed by atoms with E-state index in [1.54, 1.807) is 0 Å². The molecule has 0 spiro atoms. The number of rotatable bonds is 4. The topological polar surface area (TPSA) is 32.3 Å². The van der Waals surface area contributed by atoms with Crippen LogP contribution >= 0.6 is 0 Å². The monoisotopic (exact) mass is 199 g/mol. The summed E-state index contributed by atoms with van der Waals surface area (Å²) in [6.45, 7) is 6.72. The maximum atomic E-state index is 9.81. The maximum Gasteiger partial charge on any atom is 0.0693 e. The summed E-state index contributed by atoms with van der Waals surface area (Å²) in [4.78, 5) is 0. The zero-order valence-corrected chi connectivity index (χ0v) is 9.79. The van der Waals surface area contributed by atoms with Gasteiger partial charge in [0.25, 0.3) is 0 Å². The van der Waals surface area contributed by atoms with Crippen LogP contribution in [0.5, 0.6) is 0 Å². The predicted molar refractivity (Wildman–Crippen MR) is 60.3 cm³/mol. The third-order valence-electron chi connectivity index (χ3n) is 3.70. The Bertz CT molecular complexity index is 160. The Morgan fingerprint density at radius 2 is 1.93 bits per heavy atom. The fourth-order valence-electron chi connectivity index (χ4n) is 2.16. The fraction of sp³-hybridized carbons (Fsp3) is 1.00. The Balaban J connectivity index is 2.34. The summed E-state index contributed by atoms with van der Waals surface area (Å²) >= 11 is 0. The van der Waals surface area contributed by atoms with Crippen LogP contribution in [0, 0.1) is 5.92 Å². The SMILES string of the molecule is CC[C@@H](C)[C@H](C)N[C@@H]1CCCC[C@@H]1O. The highest BCUT2D eigenvalue weighted by molar-refractivity contribution is 4.83. The van der Waals surface area contributed by atoms with Crippen LogP contribution in [0.3, 0.4) is 0 Å². The lowest BCUT2D eigenvalue weighted by Crippen LogP contribution is -2.47. The zero-order valence-electron chi connectivity index (χ0n) is 9.79. The minimum absolute atomic E-state index is 0.116. The lowest BCUT2D eigenvalue weighted by atomic mass is 9.90. The Morgan fingerprint density at radius 1 is 1.29 bits per heavy atom. The van der Waals surface area contributed by atoms with E-state index in [0.717, 1.165) is 12.8 Å². The lowest BCUT2D eigenvalue weighted by molar-refractivity contribution is 0.0817. The van der Waals surface area contributed by atoms with Crippen LogP contribution in [0.4, 0.5) is 0 Å². The molecule has 0 radical (unpaired) electrons. The van der Waals surface area contributed by atoms with Crippen LogP contribution < -0.4 is 5.32 Å². The summed E-state index contributed by atoms with van der Waals surface area (Å²) in [5.41, 5.74) is 0. The van der Waals surface area contributed by atoms with Gasteiger partial charge in [-0.3, -0.25) is 0 Å². The molecule has 84 valence electrons. The average Bonchev–Trinajstić information content (AvgIpc) is 2.20. The fourth-order valence-corrected chi connectivity index (χ4v) is 2.16. The molecule has 4 atom stereocenters. The van der Waals surface area contributed by atoms with Crippen LogP contribution in [-0.2, 0) is 0 Å². The van der Waals surface area contributed by atoms with Gasteiger partial charge in [-0.2, -0.15) is 0 Å². The van der Waals surface area contributed by atoms with Gasteiger partial charge in [-0.15, -0.1) is 0 Å². The van der Waals surface area contributed by atoms with Crippen molar-refractivity contribution in [2.24, 2.45) is 5.92 Å². The van der Waals surface area contributed by atoms with Crippen molar-refractivity contribution in [1.29, 1.82) is 0 Å². The van der Waals surface area contributed by atoms with Crippen LogP contribution in [0.15, 0.2) is 0 Å². The highest BCUT2D eigenvalue weighted by atomic mass is 16.3. The van der Waals surface area contributed by atoms with Crippen LogP contribution in [0.2, 0.25) is 0 Å². The van der Waals surface area contributed by atoms with Gasteiger partial charge in [-0.1, -0.05) is 33.1 Å². The molecular formula is C12H25NO. The molecule has 0 aromatic rings. The summed E-state index contributed by atoms with van der Waals surface area (Å²) in [6.07, 6.45) is 5.67. The summed E-state index contributed by atoms with van der Waals surface area (Å²) in [5.74, 6) is 0.698. The van der Waals surface area contributed by atoms with Gasteiger partial charge < -0.3 is 10.4 Å². The Labute approximate surface area is 88.1 Å². The molecule has 0 saturated heterocycles. The van der Waals surface area contributed by atoms with E-state index < -0.39 is 0 Å². The van der Waals surface area contributed by atoms with Gasteiger partial charge in [0.05, 0.1) is 6.10 Å². The van der Waals surface area contributed by atoms with E-state index in [0.29, 0.717) is 18.0 Å². The quantitative estimate of drug-likeness (QED) is 0.728. The van der Waals surface area contributed by atoms with Crippen LogP contribution in [-0.4, -0.2) is 23.3 Å². The van der Waals surface area contributed by atoms with E-state index >= 15 is 0 Å². The van der Waals surface area contributed by atoms with E-state index in [-0.39, 0.29) is 6.10 Å².